The SMILES string of the molecule is C(#Cc1cnn(Cc2ccccc2)c1)c1ccccc1. The minimum absolute atomic E-state index is 0.772. The molecule has 1 aromatic heterocycles. The van der Waals surface area contributed by atoms with Crippen molar-refractivity contribution in [2.45, 2.75) is 6.54 Å². The van der Waals surface area contributed by atoms with Crippen molar-refractivity contribution >= 4 is 0 Å². The molecule has 0 atom stereocenters. The van der Waals surface area contributed by atoms with E-state index in [0.717, 1.165) is 17.7 Å². The van der Waals surface area contributed by atoms with Crippen LogP contribution in [0.15, 0.2) is 73.1 Å². The molecule has 2 heteroatoms. The lowest BCUT2D eigenvalue weighted by Gasteiger charge is -2.00. The van der Waals surface area contributed by atoms with Crippen LogP contribution in [0.2, 0.25) is 0 Å². The lowest BCUT2D eigenvalue weighted by atomic mass is 10.2. The van der Waals surface area contributed by atoms with Crippen LogP contribution in [-0.2, 0) is 6.54 Å². The second-order valence-corrected chi connectivity index (χ2v) is 4.53. The Morgan fingerprint density at radius 1 is 0.800 bits per heavy atom. The summed E-state index contributed by atoms with van der Waals surface area (Å²) in [4.78, 5) is 0. The molecule has 0 unspecified atom stereocenters. The fourth-order valence-electron chi connectivity index (χ4n) is 1.95. The fraction of sp³-hybridized carbons (Fsp3) is 0.0556. The van der Waals surface area contributed by atoms with E-state index in [-0.39, 0.29) is 0 Å². The van der Waals surface area contributed by atoms with Gasteiger partial charge in [-0.05, 0) is 17.7 Å². The maximum absolute atomic E-state index is 4.34. The van der Waals surface area contributed by atoms with Gasteiger partial charge < -0.3 is 0 Å². The highest BCUT2D eigenvalue weighted by Gasteiger charge is 1.97. The molecule has 0 bridgehead atoms. The van der Waals surface area contributed by atoms with E-state index in [2.05, 4.69) is 29.1 Å². The number of hydrogen-bond acceptors (Lipinski definition) is 1. The van der Waals surface area contributed by atoms with E-state index < -0.39 is 0 Å². The van der Waals surface area contributed by atoms with E-state index in [1.165, 1.54) is 5.56 Å². The van der Waals surface area contributed by atoms with Crippen molar-refractivity contribution in [2.24, 2.45) is 0 Å². The molecule has 0 amide bonds. The van der Waals surface area contributed by atoms with Crippen LogP contribution in [0.5, 0.6) is 0 Å². The number of benzene rings is 2. The molecular formula is C18H14N2. The molecule has 0 radical (unpaired) electrons. The standard InChI is InChI=1S/C18H14N2/c1-3-7-16(8-4-1)11-12-18-13-19-20(15-18)14-17-9-5-2-6-10-17/h1-10,13,15H,14H2. The van der Waals surface area contributed by atoms with Gasteiger partial charge in [-0.3, -0.25) is 4.68 Å². The van der Waals surface area contributed by atoms with Crippen molar-refractivity contribution in [2.75, 3.05) is 0 Å². The van der Waals surface area contributed by atoms with E-state index in [0.29, 0.717) is 0 Å². The minimum atomic E-state index is 0.772. The first-order chi connectivity index (χ1) is 9.90. The molecule has 0 aliphatic rings. The lowest BCUT2D eigenvalue weighted by Crippen LogP contribution is -1.99. The molecular weight excluding hydrogens is 244 g/mol. The first-order valence-corrected chi connectivity index (χ1v) is 6.53. The van der Waals surface area contributed by atoms with Crippen molar-refractivity contribution in [1.82, 2.24) is 9.78 Å². The van der Waals surface area contributed by atoms with Crippen molar-refractivity contribution in [3.8, 4) is 11.8 Å². The summed E-state index contributed by atoms with van der Waals surface area (Å²) in [5.41, 5.74) is 3.19. The average molecular weight is 258 g/mol. The van der Waals surface area contributed by atoms with Gasteiger partial charge in [-0.25, -0.2) is 0 Å². The largest absolute Gasteiger partial charge is 0.267 e. The summed E-state index contributed by atoms with van der Waals surface area (Å²) < 4.78 is 1.91. The molecule has 3 rings (SSSR count). The van der Waals surface area contributed by atoms with Gasteiger partial charge in [0.05, 0.1) is 18.3 Å². The van der Waals surface area contributed by atoms with Gasteiger partial charge in [-0.2, -0.15) is 5.10 Å². The topological polar surface area (TPSA) is 17.8 Å². The predicted molar refractivity (Wildman–Crippen MR) is 80.2 cm³/mol. The number of nitrogens with zero attached hydrogens (tertiary/aromatic N) is 2. The number of rotatable bonds is 2. The van der Waals surface area contributed by atoms with E-state index >= 15 is 0 Å². The molecule has 0 saturated carbocycles. The molecule has 1 heterocycles. The summed E-state index contributed by atoms with van der Waals surface area (Å²) in [5, 5.41) is 4.34. The molecule has 2 aromatic carbocycles. The molecule has 0 saturated heterocycles. The summed E-state index contributed by atoms with van der Waals surface area (Å²) >= 11 is 0. The molecule has 0 spiro atoms. The summed E-state index contributed by atoms with van der Waals surface area (Å²) in [6, 6.07) is 20.2. The first kappa shape index (κ1) is 12.3. The van der Waals surface area contributed by atoms with Gasteiger partial charge in [-0.15, -0.1) is 0 Å². The van der Waals surface area contributed by atoms with Crippen molar-refractivity contribution in [3.63, 3.8) is 0 Å². The van der Waals surface area contributed by atoms with E-state index in [4.69, 9.17) is 0 Å². The maximum Gasteiger partial charge on any atom is 0.0659 e. The first-order valence-electron chi connectivity index (χ1n) is 6.53. The highest BCUT2D eigenvalue weighted by Crippen LogP contribution is 2.03. The lowest BCUT2D eigenvalue weighted by molar-refractivity contribution is 0.687. The van der Waals surface area contributed by atoms with Gasteiger partial charge in [0.2, 0.25) is 0 Å². The Hall–Kier alpha value is -2.79. The smallest absolute Gasteiger partial charge is 0.0659 e. The van der Waals surface area contributed by atoms with E-state index in [1.54, 1.807) is 6.20 Å². The molecule has 0 fully saturated rings. The third-order valence-electron chi connectivity index (χ3n) is 2.95. The predicted octanol–water partition coefficient (Wildman–Crippen LogP) is 3.33. The Balaban J connectivity index is 1.73. The van der Waals surface area contributed by atoms with Gasteiger partial charge in [-0.1, -0.05) is 60.4 Å². The number of aromatic nitrogens is 2. The Morgan fingerprint density at radius 3 is 2.20 bits per heavy atom. The van der Waals surface area contributed by atoms with Crippen LogP contribution in [0, 0.1) is 11.8 Å². The van der Waals surface area contributed by atoms with Gasteiger partial charge in [0.15, 0.2) is 0 Å². The summed E-state index contributed by atoms with van der Waals surface area (Å²) in [5.74, 6) is 6.27. The van der Waals surface area contributed by atoms with Crippen molar-refractivity contribution < 1.29 is 0 Å². The quantitative estimate of drug-likeness (QED) is 0.645. The Bertz CT molecular complexity index is 731. The normalized spacial score (nSPS) is 9.80. The van der Waals surface area contributed by atoms with Crippen LogP contribution in [0.3, 0.4) is 0 Å². The molecule has 2 nitrogen and oxygen atoms in total. The Labute approximate surface area is 118 Å². The van der Waals surface area contributed by atoms with Crippen LogP contribution in [0.1, 0.15) is 16.7 Å². The zero-order chi connectivity index (χ0) is 13.6. The molecule has 0 aliphatic heterocycles. The molecule has 0 aliphatic carbocycles. The summed E-state index contributed by atoms with van der Waals surface area (Å²) in [6.07, 6.45) is 3.78. The zero-order valence-corrected chi connectivity index (χ0v) is 11.0. The van der Waals surface area contributed by atoms with Gasteiger partial charge in [0, 0.05) is 11.8 Å². The van der Waals surface area contributed by atoms with Crippen LogP contribution < -0.4 is 0 Å². The maximum atomic E-state index is 4.34. The van der Waals surface area contributed by atoms with Crippen LogP contribution in [-0.4, -0.2) is 9.78 Å². The van der Waals surface area contributed by atoms with Gasteiger partial charge in [0.1, 0.15) is 0 Å². The van der Waals surface area contributed by atoms with Gasteiger partial charge >= 0.3 is 0 Å². The highest BCUT2D eigenvalue weighted by molar-refractivity contribution is 5.40. The van der Waals surface area contributed by atoms with Crippen LogP contribution in [0.25, 0.3) is 0 Å². The summed E-state index contributed by atoms with van der Waals surface area (Å²) in [6.45, 7) is 0.772. The van der Waals surface area contributed by atoms with Gasteiger partial charge in [0.25, 0.3) is 0 Å². The average Bonchev–Trinajstić information content (AvgIpc) is 2.95. The van der Waals surface area contributed by atoms with Crippen molar-refractivity contribution in [1.29, 1.82) is 0 Å². The fourth-order valence-corrected chi connectivity index (χ4v) is 1.95. The van der Waals surface area contributed by atoms with Crippen molar-refractivity contribution in [3.05, 3.63) is 89.7 Å². The van der Waals surface area contributed by atoms with Crippen LogP contribution >= 0.6 is 0 Å². The monoisotopic (exact) mass is 258 g/mol. The molecule has 20 heavy (non-hydrogen) atoms. The molecule has 96 valence electrons. The molecule has 0 N–H and O–H groups in total. The summed E-state index contributed by atoms with van der Waals surface area (Å²) in [7, 11) is 0. The third-order valence-corrected chi connectivity index (χ3v) is 2.95. The molecule has 3 aromatic rings. The highest BCUT2D eigenvalue weighted by atomic mass is 15.3. The van der Waals surface area contributed by atoms with E-state index in [1.807, 2.05) is 59.4 Å². The Kier molecular flexibility index (Phi) is 3.62. The van der Waals surface area contributed by atoms with Crippen LogP contribution in [0.4, 0.5) is 0 Å². The second kappa shape index (κ2) is 5.90. The van der Waals surface area contributed by atoms with E-state index in [9.17, 15) is 0 Å². The Morgan fingerprint density at radius 2 is 1.45 bits per heavy atom. The number of hydrogen-bond donors (Lipinski definition) is 0. The second-order valence-electron chi connectivity index (χ2n) is 4.53. The zero-order valence-electron chi connectivity index (χ0n) is 11.0. The third kappa shape index (κ3) is 3.15. The minimum Gasteiger partial charge on any atom is -0.267 e.